The molecule has 1 aromatic rings. The van der Waals surface area contributed by atoms with E-state index in [0.29, 0.717) is 12.2 Å². The molecule has 1 aromatic heterocycles. The van der Waals surface area contributed by atoms with Gasteiger partial charge in [-0.3, -0.25) is 4.98 Å². The first-order valence-corrected chi connectivity index (χ1v) is 6.51. The van der Waals surface area contributed by atoms with Crippen LogP contribution in [0.15, 0.2) is 23.5 Å². The maximum Gasteiger partial charge on any atom is 0.188 e. The molecule has 0 amide bonds. The van der Waals surface area contributed by atoms with Gasteiger partial charge in [-0.2, -0.15) is 0 Å². The molecular formula is C13H20N4O2. The van der Waals surface area contributed by atoms with Crippen molar-refractivity contribution in [2.75, 3.05) is 19.8 Å². The van der Waals surface area contributed by atoms with Gasteiger partial charge in [0.15, 0.2) is 5.84 Å². The summed E-state index contributed by atoms with van der Waals surface area (Å²) in [5.41, 5.74) is 7.01. The average molecular weight is 264 g/mol. The minimum absolute atomic E-state index is 0.0228. The van der Waals surface area contributed by atoms with E-state index in [2.05, 4.69) is 15.5 Å². The van der Waals surface area contributed by atoms with Crippen molar-refractivity contribution in [3.8, 4) is 0 Å². The van der Waals surface area contributed by atoms with E-state index in [0.717, 1.165) is 31.2 Å². The molecule has 1 saturated carbocycles. The molecule has 6 heteroatoms. The van der Waals surface area contributed by atoms with E-state index in [1.54, 1.807) is 12.3 Å². The van der Waals surface area contributed by atoms with E-state index in [4.69, 9.17) is 15.7 Å². The van der Waals surface area contributed by atoms with E-state index in [1.807, 2.05) is 6.07 Å². The SMILES string of the molecule is N/C(=N/O)c1cc(CNCCOCC2CC2)ccn1. The van der Waals surface area contributed by atoms with Crippen LogP contribution in [0, 0.1) is 5.92 Å². The molecule has 1 fully saturated rings. The smallest absolute Gasteiger partial charge is 0.188 e. The molecule has 0 aromatic carbocycles. The number of aromatic nitrogens is 1. The largest absolute Gasteiger partial charge is 0.409 e. The second-order valence-electron chi connectivity index (χ2n) is 4.73. The molecule has 0 bridgehead atoms. The Hall–Kier alpha value is -1.66. The van der Waals surface area contributed by atoms with Crippen LogP contribution in [-0.2, 0) is 11.3 Å². The van der Waals surface area contributed by atoms with Crippen molar-refractivity contribution in [2.45, 2.75) is 19.4 Å². The van der Waals surface area contributed by atoms with Gasteiger partial charge in [0, 0.05) is 25.9 Å². The summed E-state index contributed by atoms with van der Waals surface area (Å²) in [4.78, 5) is 4.03. The molecule has 0 spiro atoms. The van der Waals surface area contributed by atoms with Crippen molar-refractivity contribution in [1.29, 1.82) is 0 Å². The molecule has 1 aliphatic rings. The predicted molar refractivity (Wildman–Crippen MR) is 72.0 cm³/mol. The van der Waals surface area contributed by atoms with Gasteiger partial charge in [-0.05, 0) is 36.5 Å². The lowest BCUT2D eigenvalue weighted by Gasteiger charge is -2.06. The molecule has 104 valence electrons. The van der Waals surface area contributed by atoms with Crippen LogP contribution in [0.25, 0.3) is 0 Å². The van der Waals surface area contributed by atoms with Crippen molar-refractivity contribution < 1.29 is 9.94 Å². The highest BCUT2D eigenvalue weighted by atomic mass is 16.5. The van der Waals surface area contributed by atoms with Crippen molar-refractivity contribution in [3.63, 3.8) is 0 Å². The highest BCUT2D eigenvalue weighted by Gasteiger charge is 2.20. The Morgan fingerprint density at radius 2 is 2.42 bits per heavy atom. The Morgan fingerprint density at radius 3 is 3.16 bits per heavy atom. The summed E-state index contributed by atoms with van der Waals surface area (Å²) in [5, 5.41) is 14.8. The summed E-state index contributed by atoms with van der Waals surface area (Å²) in [5.74, 6) is 0.832. The number of nitrogens with zero attached hydrogens (tertiary/aromatic N) is 2. The van der Waals surface area contributed by atoms with Gasteiger partial charge in [0.25, 0.3) is 0 Å². The Kier molecular flexibility index (Phi) is 5.11. The lowest BCUT2D eigenvalue weighted by molar-refractivity contribution is 0.126. The minimum atomic E-state index is 0.0228. The Balaban J connectivity index is 1.66. The van der Waals surface area contributed by atoms with E-state index in [9.17, 15) is 0 Å². The molecular weight excluding hydrogens is 244 g/mol. The zero-order valence-corrected chi connectivity index (χ0v) is 10.9. The molecule has 1 heterocycles. The van der Waals surface area contributed by atoms with Gasteiger partial charge < -0.3 is 21.0 Å². The van der Waals surface area contributed by atoms with Crippen LogP contribution in [0.3, 0.4) is 0 Å². The van der Waals surface area contributed by atoms with Crippen molar-refractivity contribution >= 4 is 5.84 Å². The number of nitrogens with one attached hydrogen (secondary N) is 1. The van der Waals surface area contributed by atoms with Crippen molar-refractivity contribution in [3.05, 3.63) is 29.6 Å². The summed E-state index contributed by atoms with van der Waals surface area (Å²) >= 11 is 0. The first-order chi connectivity index (χ1) is 9.29. The molecule has 0 aliphatic heterocycles. The fraction of sp³-hybridized carbons (Fsp3) is 0.538. The van der Waals surface area contributed by atoms with Crippen molar-refractivity contribution in [2.24, 2.45) is 16.8 Å². The predicted octanol–water partition coefficient (Wildman–Crippen LogP) is 0.692. The maximum atomic E-state index is 8.59. The lowest BCUT2D eigenvalue weighted by Crippen LogP contribution is -2.20. The number of oxime groups is 1. The number of rotatable bonds is 8. The summed E-state index contributed by atoms with van der Waals surface area (Å²) in [6.45, 7) is 3.15. The quantitative estimate of drug-likeness (QED) is 0.211. The lowest BCUT2D eigenvalue weighted by atomic mass is 10.2. The van der Waals surface area contributed by atoms with E-state index < -0.39 is 0 Å². The van der Waals surface area contributed by atoms with E-state index in [1.165, 1.54) is 12.8 Å². The number of nitrogens with two attached hydrogens (primary N) is 1. The van der Waals surface area contributed by atoms with Crippen LogP contribution >= 0.6 is 0 Å². The molecule has 0 atom stereocenters. The van der Waals surface area contributed by atoms with Crippen LogP contribution in [0.4, 0.5) is 0 Å². The third-order valence-electron chi connectivity index (χ3n) is 3.00. The van der Waals surface area contributed by atoms with Crippen molar-refractivity contribution in [1.82, 2.24) is 10.3 Å². The van der Waals surface area contributed by atoms with E-state index in [-0.39, 0.29) is 5.84 Å². The molecule has 0 radical (unpaired) electrons. The zero-order chi connectivity index (χ0) is 13.5. The molecule has 1 aliphatic carbocycles. The zero-order valence-electron chi connectivity index (χ0n) is 10.9. The summed E-state index contributed by atoms with van der Waals surface area (Å²) < 4.78 is 5.53. The molecule has 19 heavy (non-hydrogen) atoms. The summed E-state index contributed by atoms with van der Waals surface area (Å²) in [6.07, 6.45) is 4.29. The van der Waals surface area contributed by atoms with Gasteiger partial charge in [0.2, 0.25) is 0 Å². The molecule has 2 rings (SSSR count). The number of hydrogen-bond donors (Lipinski definition) is 3. The monoisotopic (exact) mass is 264 g/mol. The topological polar surface area (TPSA) is 92.8 Å². The third kappa shape index (κ3) is 4.84. The first kappa shape index (κ1) is 13.8. The molecule has 0 unspecified atom stereocenters. The number of hydrogen-bond acceptors (Lipinski definition) is 5. The van der Waals surface area contributed by atoms with Gasteiger partial charge in [-0.15, -0.1) is 0 Å². The Morgan fingerprint density at radius 1 is 1.58 bits per heavy atom. The van der Waals surface area contributed by atoms with Gasteiger partial charge in [0.1, 0.15) is 5.69 Å². The van der Waals surface area contributed by atoms with Crippen LogP contribution in [-0.4, -0.2) is 35.8 Å². The summed E-state index contributed by atoms with van der Waals surface area (Å²) in [6, 6.07) is 3.69. The summed E-state index contributed by atoms with van der Waals surface area (Å²) in [7, 11) is 0. The fourth-order valence-corrected chi connectivity index (χ4v) is 1.69. The van der Waals surface area contributed by atoms with E-state index >= 15 is 0 Å². The van der Waals surface area contributed by atoms with Crippen LogP contribution in [0.2, 0.25) is 0 Å². The second-order valence-corrected chi connectivity index (χ2v) is 4.73. The van der Waals surface area contributed by atoms with Crippen LogP contribution < -0.4 is 11.1 Å². The minimum Gasteiger partial charge on any atom is -0.409 e. The van der Waals surface area contributed by atoms with Gasteiger partial charge >= 0.3 is 0 Å². The maximum absolute atomic E-state index is 8.59. The number of ether oxygens (including phenoxy) is 1. The van der Waals surface area contributed by atoms with Crippen LogP contribution in [0.1, 0.15) is 24.1 Å². The van der Waals surface area contributed by atoms with Gasteiger partial charge in [-0.25, -0.2) is 0 Å². The van der Waals surface area contributed by atoms with Gasteiger partial charge in [-0.1, -0.05) is 5.16 Å². The Labute approximate surface area is 112 Å². The normalized spacial score (nSPS) is 15.7. The molecule has 0 saturated heterocycles. The average Bonchev–Trinajstić information content (AvgIpc) is 3.26. The fourth-order valence-electron chi connectivity index (χ4n) is 1.69. The number of amidine groups is 1. The second kappa shape index (κ2) is 7.06. The standard InChI is InChI=1S/C13H20N4O2/c14-13(17-18)12-7-11(3-4-16-12)8-15-5-6-19-9-10-1-2-10/h3-4,7,10,15,18H,1-2,5-6,8-9H2,(H2,14,17). The Bertz CT molecular complexity index is 432. The first-order valence-electron chi connectivity index (χ1n) is 6.51. The molecule has 4 N–H and O–H groups in total. The third-order valence-corrected chi connectivity index (χ3v) is 3.00. The highest BCUT2D eigenvalue weighted by molar-refractivity contribution is 5.95. The van der Waals surface area contributed by atoms with Crippen LogP contribution in [0.5, 0.6) is 0 Å². The highest BCUT2D eigenvalue weighted by Crippen LogP contribution is 2.28. The van der Waals surface area contributed by atoms with Gasteiger partial charge in [0.05, 0.1) is 6.61 Å². The molecule has 6 nitrogen and oxygen atoms in total. The number of pyridine rings is 1.